The molecule has 47 heavy (non-hydrogen) atoms. The maximum Gasteiger partial charge on any atom is 0.417 e. The molecule has 11 nitrogen and oxygen atoms in total. The van der Waals surface area contributed by atoms with E-state index in [-0.39, 0.29) is 17.7 Å². The first-order valence-corrected chi connectivity index (χ1v) is 16.1. The predicted octanol–water partition coefficient (Wildman–Crippen LogP) is 6.38. The molecule has 3 heterocycles. The highest BCUT2D eigenvalue weighted by Gasteiger charge is 2.46. The summed E-state index contributed by atoms with van der Waals surface area (Å²) in [4.78, 5) is 48.5. The van der Waals surface area contributed by atoms with Crippen LogP contribution in [-0.4, -0.2) is 91.0 Å². The molecule has 2 unspecified atom stereocenters. The van der Waals surface area contributed by atoms with Gasteiger partial charge in [-0.3, -0.25) is 4.79 Å². The Kier molecular flexibility index (Phi) is 9.56. The van der Waals surface area contributed by atoms with Gasteiger partial charge >= 0.3 is 12.2 Å². The third-order valence-electron chi connectivity index (χ3n) is 8.25. The van der Waals surface area contributed by atoms with E-state index in [1.165, 1.54) is 9.80 Å². The topological polar surface area (TPSA) is 111 Å². The van der Waals surface area contributed by atoms with Gasteiger partial charge < -0.3 is 28.7 Å². The zero-order valence-corrected chi connectivity index (χ0v) is 28.7. The molecule has 0 N–H and O–H groups in total. The van der Waals surface area contributed by atoms with Crippen LogP contribution in [0, 0.1) is 11.8 Å². The van der Waals surface area contributed by atoms with Crippen molar-refractivity contribution < 1.29 is 33.3 Å². The van der Waals surface area contributed by atoms with Crippen LogP contribution in [0.1, 0.15) is 48.0 Å². The molecule has 2 fully saturated rings. The molecule has 5 rings (SSSR count). The van der Waals surface area contributed by atoms with Crippen LogP contribution in [0.4, 0.5) is 15.3 Å². The lowest BCUT2D eigenvalue weighted by atomic mass is 9.88. The van der Waals surface area contributed by atoms with E-state index in [4.69, 9.17) is 23.9 Å². The van der Waals surface area contributed by atoms with E-state index < -0.39 is 23.4 Å². The van der Waals surface area contributed by atoms with Gasteiger partial charge in [-0.05, 0) is 96.3 Å². The van der Waals surface area contributed by atoms with E-state index >= 15 is 0 Å². The smallest absolute Gasteiger partial charge is 0.417 e. The molecule has 2 saturated heterocycles. The van der Waals surface area contributed by atoms with Gasteiger partial charge in [-0.2, -0.15) is 0 Å². The highest BCUT2D eigenvalue weighted by molar-refractivity contribution is 5.97. The molecule has 0 spiro atoms. The molecule has 0 saturated carbocycles. The number of pyridine rings is 1. The number of hydrogen-bond donors (Lipinski definition) is 0. The zero-order chi connectivity index (χ0) is 34.1. The first-order valence-electron chi connectivity index (χ1n) is 16.1. The maximum absolute atomic E-state index is 13.5. The molecule has 0 bridgehead atoms. The molecule has 0 aliphatic carbocycles. The SMILES string of the molecule is COc1ccc2c(N3CC4CCN(C(=O)OC(C)(C)C)C(=O)C4C3)cc(-c3ccc(OCCN(C)C(=O)OC(C)(C)C)cc3)nc2c1. The molecular formula is C36H46N4O7. The number of hydrogen-bond acceptors (Lipinski definition) is 9. The van der Waals surface area contributed by atoms with Gasteiger partial charge in [-0.15, -0.1) is 0 Å². The second-order valence-electron chi connectivity index (χ2n) is 14.2. The van der Waals surface area contributed by atoms with Gasteiger partial charge in [0.05, 0.1) is 30.8 Å². The molecule has 2 aliphatic rings. The number of likely N-dealkylation sites (tertiary alicyclic amines) is 1. The molecule has 3 aromatic rings. The number of ether oxygens (including phenoxy) is 4. The van der Waals surface area contributed by atoms with Gasteiger partial charge in [0.15, 0.2) is 0 Å². The summed E-state index contributed by atoms with van der Waals surface area (Å²) in [6.45, 7) is 13.2. The highest BCUT2D eigenvalue weighted by Crippen LogP contribution is 2.40. The minimum absolute atomic E-state index is 0.136. The Morgan fingerprint density at radius 1 is 0.936 bits per heavy atom. The van der Waals surface area contributed by atoms with E-state index in [9.17, 15) is 14.4 Å². The maximum atomic E-state index is 13.5. The molecule has 11 heteroatoms. The van der Waals surface area contributed by atoms with Crippen molar-refractivity contribution in [2.75, 3.05) is 51.8 Å². The largest absolute Gasteiger partial charge is 0.497 e. The summed E-state index contributed by atoms with van der Waals surface area (Å²) in [5.41, 5.74) is 2.19. The number of anilines is 1. The Morgan fingerprint density at radius 3 is 2.28 bits per heavy atom. The van der Waals surface area contributed by atoms with Crippen molar-refractivity contribution in [3.63, 3.8) is 0 Å². The summed E-state index contributed by atoms with van der Waals surface area (Å²) in [5.74, 6) is 1.03. The molecule has 0 radical (unpaired) electrons. The Morgan fingerprint density at radius 2 is 1.62 bits per heavy atom. The number of carbonyl (C=O) groups excluding carboxylic acids is 3. The van der Waals surface area contributed by atoms with Gasteiger partial charge in [0.25, 0.3) is 0 Å². The summed E-state index contributed by atoms with van der Waals surface area (Å²) in [5, 5.41) is 0.957. The monoisotopic (exact) mass is 646 g/mol. The van der Waals surface area contributed by atoms with Gasteiger partial charge in [-0.1, -0.05) is 0 Å². The van der Waals surface area contributed by atoms with Crippen LogP contribution < -0.4 is 14.4 Å². The lowest BCUT2D eigenvalue weighted by Crippen LogP contribution is -2.49. The summed E-state index contributed by atoms with van der Waals surface area (Å²) in [6.07, 6.45) is -0.246. The number of piperidine rings is 1. The van der Waals surface area contributed by atoms with E-state index in [2.05, 4.69) is 11.0 Å². The third kappa shape index (κ3) is 8.07. The summed E-state index contributed by atoms with van der Waals surface area (Å²) < 4.78 is 22.3. The first kappa shape index (κ1) is 33.8. The molecular weight excluding hydrogens is 600 g/mol. The van der Waals surface area contributed by atoms with Crippen molar-refractivity contribution in [1.29, 1.82) is 0 Å². The van der Waals surface area contributed by atoms with Crippen molar-refractivity contribution >= 4 is 34.7 Å². The van der Waals surface area contributed by atoms with Crippen LogP contribution in [0.25, 0.3) is 22.2 Å². The number of likely N-dealkylation sites (N-methyl/N-ethyl adjacent to an activating group) is 1. The molecule has 2 aliphatic heterocycles. The second kappa shape index (κ2) is 13.3. The van der Waals surface area contributed by atoms with Gasteiger partial charge in [-0.25, -0.2) is 19.5 Å². The van der Waals surface area contributed by atoms with Crippen LogP contribution in [0.15, 0.2) is 48.5 Å². The van der Waals surface area contributed by atoms with Gasteiger partial charge in [0.1, 0.15) is 29.3 Å². The molecule has 1 aromatic heterocycles. The van der Waals surface area contributed by atoms with E-state index in [0.717, 1.165) is 34.3 Å². The number of nitrogens with zero attached hydrogens (tertiary/aromatic N) is 4. The Hall–Kier alpha value is -4.54. The number of aromatic nitrogens is 1. The highest BCUT2D eigenvalue weighted by atomic mass is 16.6. The standard InChI is InChI=1S/C36H46N4O7/c1-35(2,3)46-33(42)38(7)17-18-45-25-11-9-23(10-12-25)29-20-31(27-14-13-26(44-8)19-30(27)37-29)39-21-24-15-16-40(32(41)28(24)22-39)34(43)47-36(4,5)6/h9-14,19-20,24,28H,15-18,21-22H2,1-8H3. The zero-order valence-electron chi connectivity index (χ0n) is 28.7. The first-order chi connectivity index (χ1) is 22.1. The molecule has 2 aromatic carbocycles. The van der Waals surface area contributed by atoms with Crippen molar-refractivity contribution in [2.24, 2.45) is 11.8 Å². The van der Waals surface area contributed by atoms with Crippen LogP contribution in [-0.2, 0) is 14.3 Å². The summed E-state index contributed by atoms with van der Waals surface area (Å²) in [7, 11) is 3.31. The number of rotatable bonds is 7. The fourth-order valence-electron chi connectivity index (χ4n) is 5.92. The molecule has 3 amide bonds. The second-order valence-corrected chi connectivity index (χ2v) is 14.2. The number of methoxy groups -OCH3 is 1. The van der Waals surface area contributed by atoms with Crippen molar-refractivity contribution in [1.82, 2.24) is 14.8 Å². The fourth-order valence-corrected chi connectivity index (χ4v) is 5.92. The van der Waals surface area contributed by atoms with Gasteiger partial charge in [0, 0.05) is 49.4 Å². The minimum atomic E-state index is -0.674. The van der Waals surface area contributed by atoms with Crippen LogP contribution >= 0.6 is 0 Å². The Labute approximate surface area is 276 Å². The number of benzene rings is 2. The Bertz CT molecular complexity index is 1630. The van der Waals surface area contributed by atoms with Crippen molar-refractivity contribution in [3.8, 4) is 22.8 Å². The lowest BCUT2D eigenvalue weighted by Gasteiger charge is -2.33. The summed E-state index contributed by atoms with van der Waals surface area (Å²) >= 11 is 0. The average Bonchev–Trinajstić information content (AvgIpc) is 3.44. The summed E-state index contributed by atoms with van der Waals surface area (Å²) in [6, 6.07) is 15.6. The third-order valence-corrected chi connectivity index (χ3v) is 8.25. The van der Waals surface area contributed by atoms with Gasteiger partial charge in [0.2, 0.25) is 5.91 Å². The lowest BCUT2D eigenvalue weighted by molar-refractivity contribution is -0.138. The van der Waals surface area contributed by atoms with Crippen LogP contribution in [0.5, 0.6) is 11.5 Å². The number of carbonyl (C=O) groups is 3. The van der Waals surface area contributed by atoms with Crippen molar-refractivity contribution in [3.05, 3.63) is 48.5 Å². The molecule has 252 valence electrons. The van der Waals surface area contributed by atoms with Crippen molar-refractivity contribution in [2.45, 2.75) is 59.2 Å². The quantitative estimate of drug-likeness (QED) is 0.289. The van der Waals surface area contributed by atoms with E-state index in [1.807, 2.05) is 63.2 Å². The number of fused-ring (bicyclic) bond motifs is 2. The average molecular weight is 647 g/mol. The minimum Gasteiger partial charge on any atom is -0.497 e. The van der Waals surface area contributed by atoms with E-state index in [0.29, 0.717) is 44.3 Å². The van der Waals surface area contributed by atoms with Crippen LogP contribution in [0.3, 0.4) is 0 Å². The van der Waals surface area contributed by atoms with Crippen LogP contribution in [0.2, 0.25) is 0 Å². The fraction of sp³-hybridized carbons (Fsp3) is 0.500. The number of amides is 3. The Balaban J connectivity index is 1.34. The predicted molar refractivity (Wildman–Crippen MR) is 180 cm³/mol. The normalized spacial score (nSPS) is 18.2. The molecule has 2 atom stereocenters. The number of imide groups is 1. The van der Waals surface area contributed by atoms with E-state index in [1.54, 1.807) is 34.9 Å².